The van der Waals surface area contributed by atoms with Crippen LogP contribution in [0.1, 0.15) is 5.56 Å². The lowest BCUT2D eigenvalue weighted by molar-refractivity contribution is 0.270. The van der Waals surface area contributed by atoms with Crippen molar-refractivity contribution in [2.75, 3.05) is 13.7 Å². The van der Waals surface area contributed by atoms with Gasteiger partial charge in [0.2, 0.25) is 0 Å². The van der Waals surface area contributed by atoms with E-state index in [4.69, 9.17) is 16.3 Å². The van der Waals surface area contributed by atoms with E-state index in [2.05, 4.69) is 11.4 Å². The van der Waals surface area contributed by atoms with Crippen molar-refractivity contribution in [3.63, 3.8) is 0 Å². The molecule has 1 atom stereocenters. The van der Waals surface area contributed by atoms with Gasteiger partial charge in [0.15, 0.2) is 0 Å². The van der Waals surface area contributed by atoms with Crippen LogP contribution in [0.3, 0.4) is 0 Å². The molecule has 0 amide bonds. The summed E-state index contributed by atoms with van der Waals surface area (Å²) in [6.07, 6.45) is 0.893. The van der Waals surface area contributed by atoms with Crippen LogP contribution in [0.25, 0.3) is 0 Å². The van der Waals surface area contributed by atoms with Crippen LogP contribution >= 0.6 is 11.6 Å². The normalized spacial score (nSPS) is 12.1. The third kappa shape index (κ3) is 4.58. The van der Waals surface area contributed by atoms with Gasteiger partial charge in [0, 0.05) is 11.1 Å². The van der Waals surface area contributed by atoms with Gasteiger partial charge in [-0.25, -0.2) is 0 Å². The Labute approximate surface area is 119 Å². The molecule has 0 fully saturated rings. The zero-order valence-corrected chi connectivity index (χ0v) is 11.7. The summed E-state index contributed by atoms with van der Waals surface area (Å²) in [6, 6.07) is 18.1. The zero-order valence-electron chi connectivity index (χ0n) is 11.0. The SMILES string of the molecule is CNC(COc1ccccc1)Cc1cccc(Cl)c1. The molecule has 2 aromatic rings. The standard InChI is InChI=1S/C16H18ClNO/c1-18-15(11-13-6-5-7-14(17)10-13)12-19-16-8-3-2-4-9-16/h2-10,15,18H,11-12H2,1H3. The molecule has 100 valence electrons. The van der Waals surface area contributed by atoms with Crippen molar-refractivity contribution in [1.29, 1.82) is 0 Å². The largest absolute Gasteiger partial charge is 0.492 e. The highest BCUT2D eigenvalue weighted by Gasteiger charge is 2.08. The van der Waals surface area contributed by atoms with Gasteiger partial charge in [-0.3, -0.25) is 0 Å². The van der Waals surface area contributed by atoms with Crippen molar-refractivity contribution in [1.82, 2.24) is 5.32 Å². The van der Waals surface area contributed by atoms with Crippen molar-refractivity contribution in [3.8, 4) is 5.75 Å². The van der Waals surface area contributed by atoms with E-state index >= 15 is 0 Å². The number of halogens is 1. The Balaban J connectivity index is 1.90. The molecular weight excluding hydrogens is 258 g/mol. The fraction of sp³-hybridized carbons (Fsp3) is 0.250. The van der Waals surface area contributed by atoms with Crippen molar-refractivity contribution in [3.05, 3.63) is 65.2 Å². The van der Waals surface area contributed by atoms with Crippen molar-refractivity contribution in [2.24, 2.45) is 0 Å². The number of rotatable bonds is 6. The van der Waals surface area contributed by atoms with E-state index in [0.717, 1.165) is 17.2 Å². The molecule has 1 unspecified atom stereocenters. The molecule has 2 aromatic carbocycles. The fourth-order valence-corrected chi connectivity index (χ4v) is 2.12. The Hall–Kier alpha value is -1.51. The molecule has 0 spiro atoms. The molecule has 2 rings (SSSR count). The van der Waals surface area contributed by atoms with Crippen molar-refractivity contribution < 1.29 is 4.74 Å². The first-order valence-corrected chi connectivity index (χ1v) is 6.75. The molecule has 0 bridgehead atoms. The summed E-state index contributed by atoms with van der Waals surface area (Å²) in [5.74, 6) is 0.897. The van der Waals surface area contributed by atoms with Gasteiger partial charge in [0.05, 0.1) is 0 Å². The second-order valence-corrected chi connectivity index (χ2v) is 4.88. The van der Waals surface area contributed by atoms with Crippen LogP contribution in [-0.2, 0) is 6.42 Å². The molecule has 0 radical (unpaired) electrons. The highest BCUT2D eigenvalue weighted by molar-refractivity contribution is 6.30. The van der Waals surface area contributed by atoms with Crippen LogP contribution in [0.5, 0.6) is 5.75 Å². The molecule has 0 aliphatic carbocycles. The molecule has 0 aliphatic rings. The highest BCUT2D eigenvalue weighted by Crippen LogP contribution is 2.13. The van der Waals surface area contributed by atoms with E-state index in [1.165, 1.54) is 5.56 Å². The third-order valence-electron chi connectivity index (χ3n) is 2.97. The minimum absolute atomic E-state index is 0.263. The van der Waals surface area contributed by atoms with Gasteiger partial charge in [0.1, 0.15) is 12.4 Å². The number of likely N-dealkylation sites (N-methyl/N-ethyl adjacent to an activating group) is 1. The van der Waals surface area contributed by atoms with Crippen molar-refractivity contribution >= 4 is 11.6 Å². The van der Waals surface area contributed by atoms with Gasteiger partial charge < -0.3 is 10.1 Å². The van der Waals surface area contributed by atoms with E-state index < -0.39 is 0 Å². The maximum absolute atomic E-state index is 5.99. The number of para-hydroxylation sites is 1. The molecule has 3 heteroatoms. The summed E-state index contributed by atoms with van der Waals surface area (Å²) in [6.45, 7) is 0.632. The maximum atomic E-state index is 5.99. The van der Waals surface area contributed by atoms with Gasteiger partial charge in [-0.2, -0.15) is 0 Å². The molecule has 19 heavy (non-hydrogen) atoms. The third-order valence-corrected chi connectivity index (χ3v) is 3.21. The first-order valence-electron chi connectivity index (χ1n) is 6.37. The zero-order chi connectivity index (χ0) is 13.5. The van der Waals surface area contributed by atoms with Gasteiger partial charge in [-0.1, -0.05) is 41.9 Å². The number of nitrogens with one attached hydrogen (secondary N) is 1. The number of hydrogen-bond donors (Lipinski definition) is 1. The first-order chi connectivity index (χ1) is 9.28. The number of hydrogen-bond acceptors (Lipinski definition) is 2. The molecule has 0 aliphatic heterocycles. The second-order valence-electron chi connectivity index (χ2n) is 4.44. The van der Waals surface area contributed by atoms with Crippen molar-refractivity contribution in [2.45, 2.75) is 12.5 Å². The lowest BCUT2D eigenvalue weighted by Gasteiger charge is -2.17. The Morgan fingerprint density at radius 2 is 1.89 bits per heavy atom. The van der Waals surface area contributed by atoms with Crippen LogP contribution in [-0.4, -0.2) is 19.7 Å². The van der Waals surface area contributed by atoms with E-state index in [1.54, 1.807) is 0 Å². The summed E-state index contributed by atoms with van der Waals surface area (Å²) < 4.78 is 5.77. The Kier molecular flexibility index (Phi) is 5.25. The predicted octanol–water partition coefficient (Wildman–Crippen LogP) is 3.55. The van der Waals surface area contributed by atoms with Gasteiger partial charge in [-0.15, -0.1) is 0 Å². The molecule has 0 aromatic heterocycles. The molecular formula is C16H18ClNO. The first kappa shape index (κ1) is 13.9. The number of benzene rings is 2. The summed E-state index contributed by atoms with van der Waals surface area (Å²) in [7, 11) is 1.95. The fourth-order valence-electron chi connectivity index (χ4n) is 1.91. The minimum Gasteiger partial charge on any atom is -0.492 e. The van der Waals surface area contributed by atoms with Gasteiger partial charge in [0.25, 0.3) is 0 Å². The highest BCUT2D eigenvalue weighted by atomic mass is 35.5. The number of ether oxygens (including phenoxy) is 1. The van der Waals surface area contributed by atoms with Crippen LogP contribution < -0.4 is 10.1 Å². The molecule has 0 saturated heterocycles. The molecule has 2 nitrogen and oxygen atoms in total. The quantitative estimate of drug-likeness (QED) is 0.871. The monoisotopic (exact) mass is 275 g/mol. The van der Waals surface area contributed by atoms with Gasteiger partial charge >= 0.3 is 0 Å². The predicted molar refractivity (Wildman–Crippen MR) is 79.9 cm³/mol. The van der Waals surface area contributed by atoms with E-state index in [9.17, 15) is 0 Å². The van der Waals surface area contributed by atoms with E-state index in [1.807, 2.05) is 55.6 Å². The summed E-state index contributed by atoms with van der Waals surface area (Å²) >= 11 is 5.99. The Bertz CT molecular complexity index is 501. The van der Waals surface area contributed by atoms with Crippen LogP contribution in [0, 0.1) is 0 Å². The maximum Gasteiger partial charge on any atom is 0.119 e. The lowest BCUT2D eigenvalue weighted by atomic mass is 10.1. The van der Waals surface area contributed by atoms with Crippen LogP contribution in [0.4, 0.5) is 0 Å². The van der Waals surface area contributed by atoms with E-state index in [0.29, 0.717) is 6.61 Å². The lowest BCUT2D eigenvalue weighted by Crippen LogP contribution is -2.33. The Morgan fingerprint density at radius 1 is 1.11 bits per heavy atom. The summed E-state index contributed by atoms with van der Waals surface area (Å²) in [4.78, 5) is 0. The Morgan fingerprint density at radius 3 is 2.58 bits per heavy atom. The smallest absolute Gasteiger partial charge is 0.119 e. The van der Waals surface area contributed by atoms with Gasteiger partial charge in [-0.05, 0) is 43.3 Å². The molecule has 0 heterocycles. The summed E-state index contributed by atoms with van der Waals surface area (Å²) in [5, 5.41) is 4.05. The van der Waals surface area contributed by atoms with Crippen LogP contribution in [0.2, 0.25) is 5.02 Å². The average molecular weight is 276 g/mol. The topological polar surface area (TPSA) is 21.3 Å². The second kappa shape index (κ2) is 7.17. The molecule has 1 N–H and O–H groups in total. The van der Waals surface area contributed by atoms with E-state index in [-0.39, 0.29) is 6.04 Å². The van der Waals surface area contributed by atoms with Crippen LogP contribution in [0.15, 0.2) is 54.6 Å². The minimum atomic E-state index is 0.263. The average Bonchev–Trinajstić information content (AvgIpc) is 2.44. The summed E-state index contributed by atoms with van der Waals surface area (Å²) in [5.41, 5.74) is 1.21. The molecule has 0 saturated carbocycles.